The molecule has 0 radical (unpaired) electrons. The molecule has 2 fully saturated rings. The zero-order chi connectivity index (χ0) is 10.1. The van der Waals surface area contributed by atoms with Crippen molar-refractivity contribution in [1.82, 2.24) is 10.2 Å². The topological polar surface area (TPSA) is 15.3 Å². The summed E-state index contributed by atoms with van der Waals surface area (Å²) in [4.78, 5) is 2.57. The van der Waals surface area contributed by atoms with Crippen molar-refractivity contribution in [3.63, 3.8) is 0 Å². The van der Waals surface area contributed by atoms with E-state index in [1.807, 2.05) is 0 Å². The normalized spacial score (nSPS) is 31.5. The van der Waals surface area contributed by atoms with Gasteiger partial charge in [-0.3, -0.25) is 4.90 Å². The maximum absolute atomic E-state index is 3.63. The van der Waals surface area contributed by atoms with E-state index in [9.17, 15) is 0 Å². The lowest BCUT2D eigenvalue weighted by atomic mass is 9.94. The summed E-state index contributed by atoms with van der Waals surface area (Å²) in [7, 11) is 0. The highest BCUT2D eigenvalue weighted by Gasteiger charge is 2.34. The second-order valence-corrected chi connectivity index (χ2v) is 4.59. The number of benzene rings is 1. The number of nitrogens with zero attached hydrogens (tertiary/aromatic N) is 1. The van der Waals surface area contributed by atoms with Crippen LogP contribution in [0, 0.1) is 0 Å². The van der Waals surface area contributed by atoms with Crippen molar-refractivity contribution in [3.8, 4) is 0 Å². The smallest absolute Gasteiger partial charge is 0.0668 e. The average molecular weight is 202 g/mol. The van der Waals surface area contributed by atoms with E-state index in [1.54, 1.807) is 0 Å². The minimum atomic E-state index is 0.598. The van der Waals surface area contributed by atoms with Crippen LogP contribution in [0.4, 0.5) is 0 Å². The molecule has 0 bridgehead atoms. The molecular weight excluding hydrogens is 184 g/mol. The Labute approximate surface area is 91.3 Å². The summed E-state index contributed by atoms with van der Waals surface area (Å²) in [5, 5.41) is 3.63. The molecule has 1 aromatic rings. The van der Waals surface area contributed by atoms with Crippen molar-refractivity contribution in [2.45, 2.75) is 24.9 Å². The summed E-state index contributed by atoms with van der Waals surface area (Å²) in [6, 6.07) is 10.9. The predicted octanol–water partition coefficient (Wildman–Crippen LogP) is 1.80. The zero-order valence-electron chi connectivity index (χ0n) is 9.02. The van der Waals surface area contributed by atoms with Crippen molar-refractivity contribution < 1.29 is 0 Å². The average Bonchev–Trinajstić information content (AvgIpc) is 2.65. The summed E-state index contributed by atoms with van der Waals surface area (Å²) in [5.74, 6) is 0.700. The molecule has 1 N–H and O–H groups in total. The first-order valence-electron chi connectivity index (χ1n) is 5.97. The minimum Gasteiger partial charge on any atom is -0.301 e. The van der Waals surface area contributed by atoms with E-state index >= 15 is 0 Å². The number of likely N-dealkylation sites (tertiary alicyclic amines) is 1. The first kappa shape index (κ1) is 9.37. The van der Waals surface area contributed by atoms with Gasteiger partial charge in [0.25, 0.3) is 0 Å². The second kappa shape index (κ2) is 3.95. The predicted molar refractivity (Wildman–Crippen MR) is 61.8 cm³/mol. The lowest BCUT2D eigenvalue weighted by molar-refractivity contribution is 0.0969. The van der Waals surface area contributed by atoms with Crippen LogP contribution in [-0.4, -0.2) is 30.7 Å². The maximum Gasteiger partial charge on any atom is 0.0668 e. The van der Waals surface area contributed by atoms with Crippen LogP contribution in [0.1, 0.15) is 24.3 Å². The van der Waals surface area contributed by atoms with Crippen molar-refractivity contribution >= 4 is 0 Å². The summed E-state index contributed by atoms with van der Waals surface area (Å²) in [6.07, 6.45) is 3.26. The van der Waals surface area contributed by atoms with E-state index in [2.05, 4.69) is 40.5 Å². The van der Waals surface area contributed by atoms with Crippen molar-refractivity contribution in [3.05, 3.63) is 35.9 Å². The molecule has 15 heavy (non-hydrogen) atoms. The van der Waals surface area contributed by atoms with Gasteiger partial charge in [0, 0.05) is 19.0 Å². The quantitative estimate of drug-likeness (QED) is 0.786. The second-order valence-electron chi connectivity index (χ2n) is 4.59. The summed E-state index contributed by atoms with van der Waals surface area (Å²) in [6.45, 7) is 3.72. The molecule has 2 aliphatic rings. The molecule has 2 heteroatoms. The van der Waals surface area contributed by atoms with Crippen LogP contribution in [0.25, 0.3) is 0 Å². The Bertz CT molecular complexity index is 319. The fourth-order valence-electron chi connectivity index (χ4n) is 2.74. The minimum absolute atomic E-state index is 0.598. The zero-order valence-corrected chi connectivity index (χ0v) is 9.02. The SMILES string of the molecule is c1ccc([C@H]2CCNC2N2CCC2)cc1. The monoisotopic (exact) mass is 202 g/mol. The van der Waals surface area contributed by atoms with Crippen LogP contribution in [-0.2, 0) is 0 Å². The molecule has 0 amide bonds. The largest absolute Gasteiger partial charge is 0.301 e. The third kappa shape index (κ3) is 1.68. The highest BCUT2D eigenvalue weighted by molar-refractivity contribution is 5.22. The molecule has 3 rings (SSSR count). The third-order valence-corrected chi connectivity index (χ3v) is 3.70. The molecule has 0 aliphatic carbocycles. The van der Waals surface area contributed by atoms with E-state index in [1.165, 1.54) is 38.0 Å². The Kier molecular flexibility index (Phi) is 2.47. The highest BCUT2D eigenvalue weighted by atomic mass is 15.3. The lowest BCUT2D eigenvalue weighted by Crippen LogP contribution is -2.51. The third-order valence-electron chi connectivity index (χ3n) is 3.70. The summed E-state index contributed by atoms with van der Waals surface area (Å²) < 4.78 is 0. The number of hydrogen-bond donors (Lipinski definition) is 1. The molecule has 1 aromatic carbocycles. The lowest BCUT2D eigenvalue weighted by Gasteiger charge is -2.39. The van der Waals surface area contributed by atoms with E-state index in [0.717, 1.165) is 0 Å². The van der Waals surface area contributed by atoms with Gasteiger partial charge in [0.15, 0.2) is 0 Å². The molecular formula is C13H18N2. The van der Waals surface area contributed by atoms with Gasteiger partial charge in [0.05, 0.1) is 6.17 Å². The molecule has 2 heterocycles. The molecule has 2 nitrogen and oxygen atoms in total. The standard InChI is InChI=1S/C13H18N2/c1-2-5-11(6-3-1)12-7-8-14-13(12)15-9-4-10-15/h1-3,5-6,12-14H,4,7-10H2/t12-,13?/m1/s1. The van der Waals surface area contributed by atoms with Gasteiger partial charge in [-0.25, -0.2) is 0 Å². The summed E-state index contributed by atoms with van der Waals surface area (Å²) >= 11 is 0. The maximum atomic E-state index is 3.63. The molecule has 0 aromatic heterocycles. The number of hydrogen-bond acceptors (Lipinski definition) is 2. The first-order chi connectivity index (χ1) is 7.45. The van der Waals surface area contributed by atoms with Gasteiger partial charge in [-0.15, -0.1) is 0 Å². The fraction of sp³-hybridized carbons (Fsp3) is 0.538. The van der Waals surface area contributed by atoms with Gasteiger partial charge in [0.1, 0.15) is 0 Å². The van der Waals surface area contributed by atoms with Crippen LogP contribution in [0.2, 0.25) is 0 Å². The molecule has 1 unspecified atom stereocenters. The molecule has 2 atom stereocenters. The van der Waals surface area contributed by atoms with Crippen LogP contribution in [0.15, 0.2) is 30.3 Å². The Morgan fingerprint density at radius 1 is 1.13 bits per heavy atom. The fourth-order valence-corrected chi connectivity index (χ4v) is 2.74. The molecule has 2 saturated heterocycles. The number of nitrogens with one attached hydrogen (secondary N) is 1. The Balaban J connectivity index is 1.79. The van der Waals surface area contributed by atoms with Gasteiger partial charge >= 0.3 is 0 Å². The number of rotatable bonds is 2. The van der Waals surface area contributed by atoms with Gasteiger partial charge < -0.3 is 5.32 Å². The van der Waals surface area contributed by atoms with Crippen molar-refractivity contribution in [2.75, 3.05) is 19.6 Å². The van der Waals surface area contributed by atoms with E-state index in [4.69, 9.17) is 0 Å². The van der Waals surface area contributed by atoms with Gasteiger partial charge in [-0.1, -0.05) is 30.3 Å². The Morgan fingerprint density at radius 3 is 2.60 bits per heavy atom. The Morgan fingerprint density at radius 2 is 1.93 bits per heavy atom. The Hall–Kier alpha value is -0.860. The van der Waals surface area contributed by atoms with Gasteiger partial charge in [0.2, 0.25) is 0 Å². The first-order valence-corrected chi connectivity index (χ1v) is 5.97. The van der Waals surface area contributed by atoms with Crippen LogP contribution >= 0.6 is 0 Å². The van der Waals surface area contributed by atoms with Crippen LogP contribution in [0.5, 0.6) is 0 Å². The van der Waals surface area contributed by atoms with Crippen LogP contribution in [0.3, 0.4) is 0 Å². The van der Waals surface area contributed by atoms with Gasteiger partial charge in [-0.05, 0) is 24.9 Å². The summed E-state index contributed by atoms with van der Waals surface area (Å²) in [5.41, 5.74) is 1.50. The molecule has 0 spiro atoms. The molecule has 80 valence electrons. The van der Waals surface area contributed by atoms with Crippen LogP contribution < -0.4 is 5.32 Å². The van der Waals surface area contributed by atoms with Crippen molar-refractivity contribution in [2.24, 2.45) is 0 Å². The van der Waals surface area contributed by atoms with Gasteiger partial charge in [-0.2, -0.15) is 0 Å². The van der Waals surface area contributed by atoms with E-state index < -0.39 is 0 Å². The van der Waals surface area contributed by atoms with E-state index in [0.29, 0.717) is 12.1 Å². The van der Waals surface area contributed by atoms with Crippen molar-refractivity contribution in [1.29, 1.82) is 0 Å². The van der Waals surface area contributed by atoms with E-state index in [-0.39, 0.29) is 0 Å². The molecule has 2 aliphatic heterocycles. The highest BCUT2D eigenvalue weighted by Crippen LogP contribution is 2.31. The molecule has 0 saturated carbocycles.